The van der Waals surface area contributed by atoms with Crippen LogP contribution in [0.1, 0.15) is 5.56 Å². The molecule has 1 fully saturated rings. The Bertz CT molecular complexity index is 392. The van der Waals surface area contributed by atoms with E-state index in [1.54, 1.807) is 7.11 Å². The van der Waals surface area contributed by atoms with Gasteiger partial charge in [0.05, 0.1) is 11.6 Å². The molecule has 1 aliphatic heterocycles. The number of aromatic hydroxyl groups is 1. The largest absolute Gasteiger partial charge is 0.503 e. The van der Waals surface area contributed by atoms with E-state index in [1.807, 2.05) is 12.1 Å². The van der Waals surface area contributed by atoms with Gasteiger partial charge in [0, 0.05) is 32.7 Å². The maximum absolute atomic E-state index is 9.73. The van der Waals surface area contributed by atoms with E-state index in [4.69, 9.17) is 4.74 Å². The smallest absolute Gasteiger partial charge is 0.172 e. The maximum Gasteiger partial charge on any atom is 0.172 e. The molecule has 2 N–H and O–H groups in total. The molecule has 0 amide bonds. The fraction of sp³-hybridized carbons (Fsp3) is 0.500. The zero-order chi connectivity index (χ0) is 12.3. The molecule has 0 atom stereocenters. The summed E-state index contributed by atoms with van der Waals surface area (Å²) in [4.78, 5) is 2.38. The summed E-state index contributed by atoms with van der Waals surface area (Å²) in [7, 11) is 1.57. The summed E-state index contributed by atoms with van der Waals surface area (Å²) < 4.78 is 5.83. The summed E-state index contributed by atoms with van der Waals surface area (Å²) in [5, 5.41) is 13.1. The number of methoxy groups -OCH3 is 1. The Morgan fingerprint density at radius 2 is 2.12 bits per heavy atom. The van der Waals surface area contributed by atoms with Crippen molar-refractivity contribution in [2.45, 2.75) is 6.54 Å². The molecule has 0 aliphatic carbocycles. The highest BCUT2D eigenvalue weighted by molar-refractivity contribution is 9.10. The lowest BCUT2D eigenvalue weighted by molar-refractivity contribution is 0.232. The first kappa shape index (κ1) is 12.7. The predicted molar refractivity (Wildman–Crippen MR) is 70.5 cm³/mol. The number of nitrogens with one attached hydrogen (secondary N) is 1. The number of halogens is 1. The highest BCUT2D eigenvalue weighted by Gasteiger charge is 2.13. The Morgan fingerprint density at radius 1 is 1.41 bits per heavy atom. The SMILES string of the molecule is COc1cc(CN2CCNCC2)cc(Br)c1O. The van der Waals surface area contributed by atoms with Gasteiger partial charge in [-0.1, -0.05) is 0 Å². The summed E-state index contributed by atoms with van der Waals surface area (Å²) >= 11 is 3.34. The highest BCUT2D eigenvalue weighted by Crippen LogP contribution is 2.35. The number of hydrogen-bond acceptors (Lipinski definition) is 4. The Labute approximate surface area is 110 Å². The van der Waals surface area contributed by atoms with Gasteiger partial charge in [-0.05, 0) is 33.6 Å². The van der Waals surface area contributed by atoms with Crippen LogP contribution >= 0.6 is 15.9 Å². The van der Waals surface area contributed by atoms with Crippen molar-refractivity contribution in [2.75, 3.05) is 33.3 Å². The second kappa shape index (κ2) is 5.71. The molecule has 1 aromatic carbocycles. The van der Waals surface area contributed by atoms with E-state index in [0.29, 0.717) is 10.2 Å². The lowest BCUT2D eigenvalue weighted by Gasteiger charge is -2.27. The Hall–Kier alpha value is -0.780. The average Bonchev–Trinajstić information content (AvgIpc) is 2.35. The van der Waals surface area contributed by atoms with Crippen LogP contribution in [0.4, 0.5) is 0 Å². The topological polar surface area (TPSA) is 44.7 Å². The summed E-state index contributed by atoms with van der Waals surface area (Å²) in [6.45, 7) is 5.07. The molecule has 2 rings (SSSR count). The van der Waals surface area contributed by atoms with E-state index < -0.39 is 0 Å². The van der Waals surface area contributed by atoms with Crippen LogP contribution in [-0.2, 0) is 6.54 Å². The van der Waals surface area contributed by atoms with Gasteiger partial charge in [0.15, 0.2) is 11.5 Å². The third kappa shape index (κ3) is 3.12. The quantitative estimate of drug-likeness (QED) is 0.889. The molecular formula is C12H17BrN2O2. The molecular weight excluding hydrogens is 284 g/mol. The molecule has 0 spiro atoms. The number of phenols is 1. The highest BCUT2D eigenvalue weighted by atomic mass is 79.9. The van der Waals surface area contributed by atoms with Crippen molar-refractivity contribution in [1.82, 2.24) is 10.2 Å². The molecule has 17 heavy (non-hydrogen) atoms. The summed E-state index contributed by atoms with van der Waals surface area (Å²) in [5.74, 6) is 0.682. The van der Waals surface area contributed by atoms with E-state index in [9.17, 15) is 5.11 Å². The molecule has 1 heterocycles. The lowest BCUT2D eigenvalue weighted by Crippen LogP contribution is -2.42. The predicted octanol–water partition coefficient (Wildman–Crippen LogP) is 1.57. The van der Waals surface area contributed by atoms with Gasteiger partial charge < -0.3 is 15.2 Å². The second-order valence-corrected chi connectivity index (χ2v) is 5.01. The van der Waals surface area contributed by atoms with E-state index in [0.717, 1.165) is 38.3 Å². The number of hydrogen-bond donors (Lipinski definition) is 2. The molecule has 1 aliphatic rings. The van der Waals surface area contributed by atoms with E-state index >= 15 is 0 Å². The third-order valence-electron chi connectivity index (χ3n) is 2.92. The van der Waals surface area contributed by atoms with Crippen LogP contribution in [0.3, 0.4) is 0 Å². The van der Waals surface area contributed by atoms with Crippen LogP contribution < -0.4 is 10.1 Å². The molecule has 0 saturated carbocycles. The molecule has 94 valence electrons. The van der Waals surface area contributed by atoms with Gasteiger partial charge in [-0.15, -0.1) is 0 Å². The van der Waals surface area contributed by atoms with Crippen LogP contribution in [0.2, 0.25) is 0 Å². The first-order chi connectivity index (χ1) is 8.20. The minimum atomic E-state index is 0.163. The van der Waals surface area contributed by atoms with Crippen LogP contribution in [0.15, 0.2) is 16.6 Å². The van der Waals surface area contributed by atoms with E-state index in [1.165, 1.54) is 0 Å². The number of benzene rings is 1. The molecule has 5 heteroatoms. The standard InChI is InChI=1S/C12H17BrN2O2/c1-17-11-7-9(6-10(13)12(11)16)8-15-4-2-14-3-5-15/h6-7,14,16H,2-5,8H2,1H3. The molecule has 1 saturated heterocycles. The summed E-state index contributed by atoms with van der Waals surface area (Å²) in [6, 6.07) is 3.84. The van der Waals surface area contributed by atoms with Crippen molar-refractivity contribution in [3.8, 4) is 11.5 Å². The average molecular weight is 301 g/mol. The maximum atomic E-state index is 9.73. The number of nitrogens with zero attached hydrogens (tertiary/aromatic N) is 1. The fourth-order valence-electron chi connectivity index (χ4n) is 2.00. The van der Waals surface area contributed by atoms with Crippen LogP contribution in [0, 0.1) is 0 Å². The van der Waals surface area contributed by atoms with Crippen molar-refractivity contribution >= 4 is 15.9 Å². The fourth-order valence-corrected chi connectivity index (χ4v) is 2.49. The van der Waals surface area contributed by atoms with Crippen LogP contribution in [-0.4, -0.2) is 43.3 Å². The zero-order valence-electron chi connectivity index (χ0n) is 9.87. The first-order valence-electron chi connectivity index (χ1n) is 5.69. The van der Waals surface area contributed by atoms with Gasteiger partial charge in [-0.25, -0.2) is 0 Å². The first-order valence-corrected chi connectivity index (χ1v) is 6.48. The van der Waals surface area contributed by atoms with Gasteiger partial charge in [0.1, 0.15) is 0 Å². The summed E-state index contributed by atoms with van der Waals surface area (Å²) in [5.41, 5.74) is 1.15. The number of phenolic OH excluding ortho intramolecular Hbond substituents is 1. The van der Waals surface area contributed by atoms with E-state index in [2.05, 4.69) is 26.1 Å². The number of ether oxygens (including phenoxy) is 1. The normalized spacial score (nSPS) is 17.1. The molecule has 0 unspecified atom stereocenters. The Morgan fingerprint density at radius 3 is 2.76 bits per heavy atom. The van der Waals surface area contributed by atoms with Crippen LogP contribution in [0.25, 0.3) is 0 Å². The Balaban J connectivity index is 2.12. The lowest BCUT2D eigenvalue weighted by atomic mass is 10.2. The molecule has 0 aromatic heterocycles. The minimum Gasteiger partial charge on any atom is -0.503 e. The van der Waals surface area contributed by atoms with Crippen molar-refractivity contribution in [3.05, 3.63) is 22.2 Å². The van der Waals surface area contributed by atoms with Gasteiger partial charge in [-0.2, -0.15) is 0 Å². The number of piperazine rings is 1. The van der Waals surface area contributed by atoms with Gasteiger partial charge in [-0.3, -0.25) is 4.90 Å². The van der Waals surface area contributed by atoms with Gasteiger partial charge in [0.2, 0.25) is 0 Å². The zero-order valence-corrected chi connectivity index (χ0v) is 11.5. The van der Waals surface area contributed by atoms with Crippen LogP contribution in [0.5, 0.6) is 11.5 Å². The molecule has 0 bridgehead atoms. The molecule has 1 aromatic rings. The minimum absolute atomic E-state index is 0.163. The second-order valence-electron chi connectivity index (χ2n) is 4.15. The monoisotopic (exact) mass is 300 g/mol. The van der Waals surface area contributed by atoms with Crippen molar-refractivity contribution in [2.24, 2.45) is 0 Å². The Kier molecular flexibility index (Phi) is 4.25. The number of rotatable bonds is 3. The van der Waals surface area contributed by atoms with E-state index in [-0.39, 0.29) is 5.75 Å². The molecule has 0 radical (unpaired) electrons. The molecule has 4 nitrogen and oxygen atoms in total. The van der Waals surface area contributed by atoms with Gasteiger partial charge >= 0.3 is 0 Å². The van der Waals surface area contributed by atoms with Crippen molar-refractivity contribution in [3.63, 3.8) is 0 Å². The van der Waals surface area contributed by atoms with Crippen molar-refractivity contribution in [1.29, 1.82) is 0 Å². The van der Waals surface area contributed by atoms with Gasteiger partial charge in [0.25, 0.3) is 0 Å². The third-order valence-corrected chi connectivity index (χ3v) is 3.53. The summed E-state index contributed by atoms with van der Waals surface area (Å²) in [6.07, 6.45) is 0. The van der Waals surface area contributed by atoms with Crippen molar-refractivity contribution < 1.29 is 9.84 Å².